The Morgan fingerprint density at radius 1 is 0.968 bits per heavy atom. The average Bonchev–Trinajstić information content (AvgIpc) is 2.77. The maximum Gasteiger partial charge on any atom is 0.293 e. The topological polar surface area (TPSA) is 102 Å². The maximum absolute atomic E-state index is 12.8. The van der Waals surface area contributed by atoms with Crippen molar-refractivity contribution in [1.29, 1.82) is 0 Å². The highest BCUT2D eigenvalue weighted by molar-refractivity contribution is 7.89. The summed E-state index contributed by atoms with van der Waals surface area (Å²) in [7, 11) is -3.80. The lowest BCUT2D eigenvalue weighted by molar-refractivity contribution is -0.384. The van der Waals surface area contributed by atoms with E-state index in [2.05, 4.69) is 0 Å². The second-order valence-corrected chi connectivity index (χ2v) is 8.93. The van der Waals surface area contributed by atoms with Crippen LogP contribution >= 0.6 is 0 Å². The van der Waals surface area contributed by atoms with Crippen LogP contribution in [0.15, 0.2) is 41.3 Å². The van der Waals surface area contributed by atoms with Crippen molar-refractivity contribution in [3.05, 3.63) is 52.1 Å². The molecule has 1 heterocycles. The Bertz CT molecular complexity index is 1050. The highest BCUT2D eigenvalue weighted by Crippen LogP contribution is 2.35. The first-order valence-electron chi connectivity index (χ1n) is 10.2. The van der Waals surface area contributed by atoms with E-state index in [-0.39, 0.29) is 10.6 Å². The lowest BCUT2D eigenvalue weighted by atomic mass is 10.1. The molecule has 2 aromatic carbocycles. The van der Waals surface area contributed by atoms with Crippen LogP contribution in [-0.2, 0) is 16.6 Å². The Hall–Kier alpha value is -2.85. The number of sulfonamides is 1. The van der Waals surface area contributed by atoms with E-state index in [9.17, 15) is 18.5 Å². The molecule has 0 N–H and O–H groups in total. The second-order valence-electron chi connectivity index (χ2n) is 6.99. The van der Waals surface area contributed by atoms with E-state index in [1.807, 2.05) is 30.0 Å². The molecule has 10 heteroatoms. The molecule has 0 saturated heterocycles. The van der Waals surface area contributed by atoms with Crippen molar-refractivity contribution >= 4 is 21.4 Å². The van der Waals surface area contributed by atoms with Crippen molar-refractivity contribution in [1.82, 2.24) is 4.31 Å². The van der Waals surface area contributed by atoms with Crippen molar-refractivity contribution in [3.8, 4) is 11.5 Å². The van der Waals surface area contributed by atoms with Crippen LogP contribution in [0.25, 0.3) is 0 Å². The van der Waals surface area contributed by atoms with Crippen molar-refractivity contribution in [3.63, 3.8) is 0 Å². The zero-order valence-corrected chi connectivity index (χ0v) is 18.7. The third kappa shape index (κ3) is 4.75. The molecule has 0 fully saturated rings. The fraction of sp³-hybridized carbons (Fsp3) is 0.429. The quantitative estimate of drug-likeness (QED) is 0.427. The summed E-state index contributed by atoms with van der Waals surface area (Å²) in [5, 5.41) is 11.8. The largest absolute Gasteiger partial charge is 0.486 e. The van der Waals surface area contributed by atoms with Gasteiger partial charge in [0.05, 0.1) is 9.82 Å². The fourth-order valence-electron chi connectivity index (χ4n) is 3.56. The van der Waals surface area contributed by atoms with Crippen LogP contribution in [-0.4, -0.2) is 50.5 Å². The number of fused-ring (bicyclic) bond motifs is 1. The molecule has 0 unspecified atom stereocenters. The monoisotopic (exact) mass is 449 g/mol. The van der Waals surface area contributed by atoms with Crippen LogP contribution in [0.2, 0.25) is 0 Å². The van der Waals surface area contributed by atoms with Crippen molar-refractivity contribution < 1.29 is 22.8 Å². The van der Waals surface area contributed by atoms with Gasteiger partial charge in [-0.1, -0.05) is 19.9 Å². The highest BCUT2D eigenvalue weighted by atomic mass is 32.2. The summed E-state index contributed by atoms with van der Waals surface area (Å²) in [6.45, 7) is 7.81. The van der Waals surface area contributed by atoms with Crippen LogP contribution in [0.1, 0.15) is 26.3 Å². The minimum Gasteiger partial charge on any atom is -0.486 e. The summed E-state index contributed by atoms with van der Waals surface area (Å²) in [5.41, 5.74) is 1.02. The smallest absolute Gasteiger partial charge is 0.293 e. The number of hydrogen-bond donors (Lipinski definition) is 0. The normalized spacial score (nSPS) is 13.3. The highest BCUT2D eigenvalue weighted by Gasteiger charge is 2.27. The number of benzene rings is 2. The first-order chi connectivity index (χ1) is 14.8. The molecule has 0 atom stereocenters. The van der Waals surface area contributed by atoms with Gasteiger partial charge in [-0.25, -0.2) is 8.42 Å². The Labute approximate surface area is 182 Å². The van der Waals surface area contributed by atoms with Gasteiger partial charge < -0.3 is 14.4 Å². The number of hydrogen-bond acceptors (Lipinski definition) is 7. The molecule has 0 aromatic heterocycles. The standard InChI is InChI=1S/C21H27N3O6S/c1-4-22(15-16-7-10-20-21(13-16)30-12-11-29-20)18-9-8-17(14-19(18)24(25)26)31(27,28)23(5-2)6-3/h7-10,13-14H,4-6,11-12,15H2,1-3H3. The predicted octanol–water partition coefficient (Wildman–Crippen LogP) is 3.42. The first kappa shape index (κ1) is 22.8. The number of nitrogens with zero attached hydrogens (tertiary/aromatic N) is 3. The zero-order valence-electron chi connectivity index (χ0n) is 17.9. The van der Waals surface area contributed by atoms with Crippen LogP contribution in [0, 0.1) is 10.1 Å². The molecule has 9 nitrogen and oxygen atoms in total. The number of ether oxygens (including phenoxy) is 2. The molecule has 3 rings (SSSR count). The molecule has 0 spiro atoms. The van der Waals surface area contributed by atoms with Crippen LogP contribution in [0.4, 0.5) is 11.4 Å². The summed E-state index contributed by atoms with van der Waals surface area (Å²) in [6, 6.07) is 9.67. The molecule has 168 valence electrons. The lowest BCUT2D eigenvalue weighted by Gasteiger charge is -2.25. The third-order valence-corrected chi connectivity index (χ3v) is 7.24. The molecule has 2 aromatic rings. The molecule has 1 aliphatic heterocycles. The number of anilines is 1. The van der Waals surface area contributed by atoms with Gasteiger partial charge in [0.15, 0.2) is 11.5 Å². The van der Waals surface area contributed by atoms with E-state index in [0.717, 1.165) is 11.6 Å². The minimum atomic E-state index is -3.80. The van der Waals surface area contributed by atoms with Gasteiger partial charge in [0, 0.05) is 32.2 Å². The second kappa shape index (κ2) is 9.52. The van der Waals surface area contributed by atoms with E-state index in [1.165, 1.54) is 16.4 Å². The molecular weight excluding hydrogens is 422 g/mol. The van der Waals surface area contributed by atoms with Crippen molar-refractivity contribution in [2.24, 2.45) is 0 Å². The summed E-state index contributed by atoms with van der Waals surface area (Å²) in [5.74, 6) is 1.32. The van der Waals surface area contributed by atoms with Gasteiger partial charge >= 0.3 is 0 Å². The molecular formula is C21H27N3O6S. The molecule has 0 bridgehead atoms. The molecule has 0 aliphatic carbocycles. The van der Waals surface area contributed by atoms with E-state index >= 15 is 0 Å². The van der Waals surface area contributed by atoms with E-state index in [1.54, 1.807) is 13.8 Å². The summed E-state index contributed by atoms with van der Waals surface area (Å²) < 4.78 is 38.1. The van der Waals surface area contributed by atoms with Crippen molar-refractivity contribution in [2.75, 3.05) is 37.7 Å². The summed E-state index contributed by atoms with van der Waals surface area (Å²) in [4.78, 5) is 13.0. The molecule has 1 aliphatic rings. The van der Waals surface area contributed by atoms with Crippen LogP contribution < -0.4 is 14.4 Å². The van der Waals surface area contributed by atoms with Crippen molar-refractivity contribution in [2.45, 2.75) is 32.2 Å². The van der Waals surface area contributed by atoms with E-state index in [0.29, 0.717) is 56.6 Å². The van der Waals surface area contributed by atoms with Gasteiger partial charge in [0.2, 0.25) is 10.0 Å². The predicted molar refractivity (Wildman–Crippen MR) is 117 cm³/mol. The third-order valence-electron chi connectivity index (χ3n) is 5.19. The average molecular weight is 450 g/mol. The SMILES string of the molecule is CCN(Cc1ccc2c(c1)OCCO2)c1ccc(S(=O)(=O)N(CC)CC)cc1[N+](=O)[O-]. The van der Waals surface area contributed by atoms with Gasteiger partial charge in [0.25, 0.3) is 5.69 Å². The van der Waals surface area contributed by atoms with Crippen LogP contribution in [0.3, 0.4) is 0 Å². The number of rotatable bonds is 9. The molecule has 0 saturated carbocycles. The molecule has 0 amide bonds. The summed E-state index contributed by atoms with van der Waals surface area (Å²) in [6.07, 6.45) is 0. The molecule has 0 radical (unpaired) electrons. The van der Waals surface area contributed by atoms with Crippen LogP contribution in [0.5, 0.6) is 11.5 Å². The lowest BCUT2D eigenvalue weighted by Crippen LogP contribution is -2.30. The van der Waals surface area contributed by atoms with Gasteiger partial charge in [-0.05, 0) is 36.8 Å². The van der Waals surface area contributed by atoms with E-state index in [4.69, 9.17) is 9.47 Å². The number of nitro groups is 1. The van der Waals surface area contributed by atoms with Gasteiger partial charge in [-0.2, -0.15) is 4.31 Å². The van der Waals surface area contributed by atoms with E-state index < -0.39 is 14.9 Å². The number of nitro benzene ring substituents is 1. The minimum absolute atomic E-state index is 0.0815. The summed E-state index contributed by atoms with van der Waals surface area (Å²) >= 11 is 0. The van der Waals surface area contributed by atoms with Gasteiger partial charge in [0.1, 0.15) is 18.9 Å². The fourth-order valence-corrected chi connectivity index (χ4v) is 5.04. The Morgan fingerprint density at radius 2 is 1.65 bits per heavy atom. The Kier molecular flexibility index (Phi) is 7.01. The molecule has 31 heavy (non-hydrogen) atoms. The van der Waals surface area contributed by atoms with Gasteiger partial charge in [-0.3, -0.25) is 10.1 Å². The Balaban J connectivity index is 1.95. The Morgan fingerprint density at radius 3 is 2.26 bits per heavy atom. The zero-order chi connectivity index (χ0) is 22.6. The maximum atomic E-state index is 12.8. The first-order valence-corrected chi connectivity index (χ1v) is 11.7. The van der Waals surface area contributed by atoms with Gasteiger partial charge in [-0.15, -0.1) is 0 Å².